The van der Waals surface area contributed by atoms with Crippen molar-refractivity contribution >= 4 is 95.3 Å². The van der Waals surface area contributed by atoms with Crippen LogP contribution in [-0.2, 0) is 0 Å². The molecule has 2 heterocycles. The summed E-state index contributed by atoms with van der Waals surface area (Å²) in [6, 6.07) is 63.0. The number of hydrogen-bond donors (Lipinski definition) is 0. The van der Waals surface area contributed by atoms with Gasteiger partial charge in [-0.2, -0.15) is 0 Å². The zero-order valence-electron chi connectivity index (χ0n) is 27.0. The molecule has 9 aromatic carbocycles. The highest BCUT2D eigenvalue weighted by Crippen LogP contribution is 2.49. The first-order valence-corrected chi connectivity index (χ1v) is 18.7. The lowest BCUT2D eigenvalue weighted by Crippen LogP contribution is -1.92. The van der Waals surface area contributed by atoms with Crippen LogP contribution < -0.4 is 0 Å². The molecular weight excluding hydrogens is 641 g/mol. The van der Waals surface area contributed by atoms with Crippen LogP contribution in [-0.4, -0.2) is 0 Å². The Bertz CT molecular complexity index is 3080. The van der Waals surface area contributed by atoms with Gasteiger partial charge < -0.3 is 0 Å². The molecule has 232 valence electrons. The maximum atomic E-state index is 2.47. The molecule has 0 fully saturated rings. The van der Waals surface area contributed by atoms with Crippen LogP contribution in [0.4, 0.5) is 0 Å². The predicted octanol–water partition coefficient (Wildman–Crippen LogP) is 14.9. The molecule has 0 saturated carbocycles. The van der Waals surface area contributed by atoms with E-state index in [0.717, 1.165) is 0 Å². The van der Waals surface area contributed by atoms with Crippen molar-refractivity contribution in [1.29, 1.82) is 0 Å². The zero-order chi connectivity index (χ0) is 32.8. The Kier molecular flexibility index (Phi) is 6.09. The highest BCUT2D eigenvalue weighted by atomic mass is 32.1. The highest BCUT2D eigenvalue weighted by Gasteiger charge is 2.20. The Morgan fingerprint density at radius 3 is 1.38 bits per heavy atom. The fourth-order valence-electron chi connectivity index (χ4n) is 8.35. The summed E-state index contributed by atoms with van der Waals surface area (Å²) in [5.74, 6) is 0. The number of fused-ring (bicyclic) bond motifs is 10. The predicted molar refractivity (Wildman–Crippen MR) is 221 cm³/mol. The fraction of sp³-hybridized carbons (Fsp3) is 0. The van der Waals surface area contributed by atoms with Gasteiger partial charge in [0.05, 0.1) is 0 Å². The van der Waals surface area contributed by atoms with Gasteiger partial charge in [-0.15, -0.1) is 22.7 Å². The maximum Gasteiger partial charge on any atom is 0.0362 e. The first-order chi connectivity index (χ1) is 24.8. The van der Waals surface area contributed by atoms with Gasteiger partial charge in [0.25, 0.3) is 0 Å². The Morgan fingerprint density at radius 1 is 0.260 bits per heavy atom. The Hall–Kier alpha value is -5.80. The number of hydrogen-bond acceptors (Lipinski definition) is 2. The van der Waals surface area contributed by atoms with Gasteiger partial charge >= 0.3 is 0 Å². The molecule has 0 bridgehead atoms. The minimum absolute atomic E-state index is 1.24. The van der Waals surface area contributed by atoms with Crippen molar-refractivity contribution in [3.05, 3.63) is 170 Å². The van der Waals surface area contributed by atoms with Crippen molar-refractivity contribution in [2.45, 2.75) is 0 Å². The normalized spacial score (nSPS) is 12.0. The molecule has 2 aromatic heterocycles. The van der Waals surface area contributed by atoms with Gasteiger partial charge in [-0.1, -0.05) is 140 Å². The summed E-state index contributed by atoms with van der Waals surface area (Å²) in [4.78, 5) is 0. The summed E-state index contributed by atoms with van der Waals surface area (Å²) in [6.07, 6.45) is 0. The molecule has 0 nitrogen and oxygen atoms in total. The molecule has 0 radical (unpaired) electrons. The molecule has 0 N–H and O–H groups in total. The smallest absolute Gasteiger partial charge is 0.0362 e. The van der Waals surface area contributed by atoms with E-state index < -0.39 is 0 Å². The quantitative estimate of drug-likeness (QED) is 0.164. The lowest BCUT2D eigenvalue weighted by Gasteiger charge is -2.19. The molecule has 11 aromatic rings. The first kappa shape index (κ1) is 28.1. The van der Waals surface area contributed by atoms with E-state index in [0.29, 0.717) is 0 Å². The van der Waals surface area contributed by atoms with Crippen molar-refractivity contribution in [3.63, 3.8) is 0 Å². The Balaban J connectivity index is 1.22. The fourth-order valence-corrected chi connectivity index (χ4v) is 10.6. The van der Waals surface area contributed by atoms with Crippen molar-refractivity contribution < 1.29 is 0 Å². The first-order valence-electron chi connectivity index (χ1n) is 17.1. The molecule has 0 spiro atoms. The summed E-state index contributed by atoms with van der Waals surface area (Å²) in [5, 5.41) is 13.1. The summed E-state index contributed by atoms with van der Waals surface area (Å²) >= 11 is 3.80. The molecule has 0 unspecified atom stereocenters. The lowest BCUT2D eigenvalue weighted by atomic mass is 9.83. The third-order valence-electron chi connectivity index (χ3n) is 10.5. The largest absolute Gasteiger partial charge is 0.135 e. The van der Waals surface area contributed by atoms with Crippen LogP contribution in [0.3, 0.4) is 0 Å². The molecule has 50 heavy (non-hydrogen) atoms. The van der Waals surface area contributed by atoms with Gasteiger partial charge in [0, 0.05) is 40.3 Å². The number of benzene rings is 9. The van der Waals surface area contributed by atoms with E-state index in [9.17, 15) is 0 Å². The van der Waals surface area contributed by atoms with Crippen LogP contribution >= 0.6 is 22.7 Å². The molecule has 0 aliphatic rings. The minimum Gasteiger partial charge on any atom is -0.135 e. The van der Waals surface area contributed by atoms with Crippen LogP contribution in [0, 0.1) is 0 Å². The average molecular weight is 669 g/mol. The van der Waals surface area contributed by atoms with Gasteiger partial charge in [-0.25, -0.2) is 0 Å². The lowest BCUT2D eigenvalue weighted by molar-refractivity contribution is 1.64. The van der Waals surface area contributed by atoms with Crippen LogP contribution in [0.25, 0.3) is 106 Å². The van der Waals surface area contributed by atoms with Crippen molar-refractivity contribution in [2.24, 2.45) is 0 Å². The second kappa shape index (κ2) is 10.9. The van der Waals surface area contributed by atoms with Crippen LogP contribution in [0.1, 0.15) is 0 Å². The summed E-state index contributed by atoms with van der Waals surface area (Å²) in [5.41, 5.74) is 7.63. The van der Waals surface area contributed by atoms with Gasteiger partial charge in [-0.05, 0) is 96.0 Å². The van der Waals surface area contributed by atoms with E-state index in [1.807, 2.05) is 22.7 Å². The van der Waals surface area contributed by atoms with Crippen molar-refractivity contribution in [3.8, 4) is 33.4 Å². The molecule has 11 rings (SSSR count). The monoisotopic (exact) mass is 668 g/mol. The Labute approximate surface area is 297 Å². The molecule has 2 heteroatoms. The van der Waals surface area contributed by atoms with E-state index in [4.69, 9.17) is 0 Å². The van der Waals surface area contributed by atoms with E-state index in [1.165, 1.54) is 106 Å². The van der Waals surface area contributed by atoms with Crippen LogP contribution in [0.5, 0.6) is 0 Å². The molecule has 0 atom stereocenters. The van der Waals surface area contributed by atoms with Gasteiger partial charge in [-0.3, -0.25) is 0 Å². The van der Waals surface area contributed by atoms with E-state index >= 15 is 0 Å². The molecule has 0 amide bonds. The standard InChI is InChI=1S/C48H28S2/c1-2-12-29(13-3-1)31-23-24-38(33-15-5-4-14-32(31)33)46-36-18-8-6-16-34(36)45(35-17-7-9-19-37(35)46)30-22-25-42-40(28-30)48-44(50-42)27-26-43-47(48)39-20-10-11-21-41(39)49-43/h1-28H. The maximum absolute atomic E-state index is 2.47. The van der Waals surface area contributed by atoms with Crippen LogP contribution in [0.15, 0.2) is 170 Å². The van der Waals surface area contributed by atoms with E-state index in [2.05, 4.69) is 170 Å². The average Bonchev–Trinajstić information content (AvgIpc) is 3.75. The second-order valence-corrected chi connectivity index (χ2v) is 15.3. The number of thiophene rings is 2. The summed E-state index contributed by atoms with van der Waals surface area (Å²) in [6.45, 7) is 0. The summed E-state index contributed by atoms with van der Waals surface area (Å²) in [7, 11) is 0. The van der Waals surface area contributed by atoms with Crippen molar-refractivity contribution in [1.82, 2.24) is 0 Å². The van der Waals surface area contributed by atoms with Crippen molar-refractivity contribution in [2.75, 3.05) is 0 Å². The third kappa shape index (κ3) is 4.04. The zero-order valence-corrected chi connectivity index (χ0v) is 28.6. The SMILES string of the molecule is c1ccc(-c2ccc(-c3c4ccccc4c(-c4ccc5sc6ccc7sc8ccccc8c7c6c5c4)c4ccccc34)c3ccccc23)cc1. The Morgan fingerprint density at radius 2 is 0.720 bits per heavy atom. The third-order valence-corrected chi connectivity index (χ3v) is 12.7. The van der Waals surface area contributed by atoms with Crippen LogP contribution in [0.2, 0.25) is 0 Å². The van der Waals surface area contributed by atoms with Gasteiger partial charge in [0.1, 0.15) is 0 Å². The number of rotatable bonds is 3. The second-order valence-electron chi connectivity index (χ2n) is 13.1. The van der Waals surface area contributed by atoms with Gasteiger partial charge in [0.2, 0.25) is 0 Å². The summed E-state index contributed by atoms with van der Waals surface area (Å²) < 4.78 is 5.39. The molecular formula is C48H28S2. The van der Waals surface area contributed by atoms with E-state index in [-0.39, 0.29) is 0 Å². The topological polar surface area (TPSA) is 0 Å². The van der Waals surface area contributed by atoms with E-state index in [1.54, 1.807) is 0 Å². The highest BCUT2D eigenvalue weighted by molar-refractivity contribution is 7.28. The minimum atomic E-state index is 1.24. The van der Waals surface area contributed by atoms with Gasteiger partial charge in [0.15, 0.2) is 0 Å². The molecule has 0 aliphatic carbocycles. The molecule has 0 saturated heterocycles. The molecule has 0 aliphatic heterocycles.